The number of phenolic OH excluding ortho intramolecular Hbond substituents is 1. The second kappa shape index (κ2) is 11.9. The van der Waals surface area contributed by atoms with Gasteiger partial charge in [0.05, 0.1) is 7.11 Å². The molecule has 1 aromatic rings. The van der Waals surface area contributed by atoms with Crippen molar-refractivity contribution in [2.75, 3.05) is 7.11 Å². The summed E-state index contributed by atoms with van der Waals surface area (Å²) in [5.74, 6) is -2.37. The standard InChI is InChI=1S/C22H33N3O6/c1-12(2)18(23-14(5)26)21(29)25-19(13(3)4)20(28)24-17(22(30)31-6)11-15-7-9-16(27)10-8-15/h7-10,12-13,17-19,27H,11H2,1-6H3,(H,23,26)(H,24,28)(H,25,29)/t17-,18-,19+/m0/s1. The van der Waals surface area contributed by atoms with E-state index >= 15 is 0 Å². The topological polar surface area (TPSA) is 134 Å². The van der Waals surface area contributed by atoms with Crippen molar-refractivity contribution < 1.29 is 29.0 Å². The van der Waals surface area contributed by atoms with E-state index in [0.29, 0.717) is 5.56 Å². The molecule has 0 radical (unpaired) electrons. The van der Waals surface area contributed by atoms with E-state index in [1.54, 1.807) is 39.8 Å². The lowest BCUT2D eigenvalue weighted by Crippen LogP contribution is -2.58. The molecule has 0 aliphatic heterocycles. The Kier molecular flexibility index (Phi) is 9.98. The number of carbonyl (C=O) groups excluding carboxylic acids is 4. The van der Waals surface area contributed by atoms with Gasteiger partial charge in [0.2, 0.25) is 17.7 Å². The van der Waals surface area contributed by atoms with Gasteiger partial charge in [0, 0.05) is 13.3 Å². The van der Waals surface area contributed by atoms with Crippen LogP contribution in [-0.2, 0) is 30.3 Å². The lowest BCUT2D eigenvalue weighted by Gasteiger charge is -2.28. The summed E-state index contributed by atoms with van der Waals surface area (Å²) in [6, 6.07) is 3.55. The highest BCUT2D eigenvalue weighted by molar-refractivity contribution is 5.93. The van der Waals surface area contributed by atoms with Gasteiger partial charge in [-0.05, 0) is 29.5 Å². The molecule has 0 aliphatic rings. The summed E-state index contributed by atoms with van der Waals surface area (Å²) in [6.07, 6.45) is 0.151. The van der Waals surface area contributed by atoms with Crippen LogP contribution in [0.4, 0.5) is 0 Å². The number of ether oxygens (including phenoxy) is 1. The van der Waals surface area contributed by atoms with Crippen LogP contribution in [0, 0.1) is 11.8 Å². The van der Waals surface area contributed by atoms with E-state index in [2.05, 4.69) is 16.0 Å². The average Bonchev–Trinajstić information content (AvgIpc) is 2.69. The van der Waals surface area contributed by atoms with E-state index in [-0.39, 0.29) is 29.9 Å². The maximum atomic E-state index is 12.9. The molecule has 31 heavy (non-hydrogen) atoms. The summed E-state index contributed by atoms with van der Waals surface area (Å²) in [4.78, 5) is 49.3. The van der Waals surface area contributed by atoms with E-state index in [9.17, 15) is 24.3 Å². The molecule has 0 saturated heterocycles. The van der Waals surface area contributed by atoms with Gasteiger partial charge in [0.1, 0.15) is 23.9 Å². The molecule has 0 bridgehead atoms. The third-order valence-corrected chi connectivity index (χ3v) is 4.73. The van der Waals surface area contributed by atoms with Crippen molar-refractivity contribution in [2.45, 2.75) is 59.2 Å². The number of methoxy groups -OCH3 is 1. The first-order valence-corrected chi connectivity index (χ1v) is 10.2. The van der Waals surface area contributed by atoms with Gasteiger partial charge in [0.25, 0.3) is 0 Å². The Balaban J connectivity index is 2.97. The normalized spacial score (nSPS) is 13.8. The van der Waals surface area contributed by atoms with Gasteiger partial charge in [-0.15, -0.1) is 0 Å². The monoisotopic (exact) mass is 435 g/mol. The van der Waals surface area contributed by atoms with E-state index in [4.69, 9.17) is 4.74 Å². The van der Waals surface area contributed by atoms with Crippen molar-refractivity contribution in [3.05, 3.63) is 29.8 Å². The molecule has 9 heteroatoms. The molecule has 0 saturated carbocycles. The Morgan fingerprint density at radius 3 is 1.81 bits per heavy atom. The van der Waals surface area contributed by atoms with Crippen molar-refractivity contribution >= 4 is 23.7 Å². The van der Waals surface area contributed by atoms with Crippen LogP contribution < -0.4 is 16.0 Å². The summed E-state index contributed by atoms with van der Waals surface area (Å²) >= 11 is 0. The van der Waals surface area contributed by atoms with E-state index in [1.165, 1.54) is 26.2 Å². The molecule has 1 rings (SSSR count). The molecule has 0 spiro atoms. The molecule has 9 nitrogen and oxygen atoms in total. The molecular formula is C22H33N3O6. The summed E-state index contributed by atoms with van der Waals surface area (Å²) < 4.78 is 4.81. The van der Waals surface area contributed by atoms with Crippen LogP contribution in [0.3, 0.4) is 0 Å². The minimum atomic E-state index is -0.976. The smallest absolute Gasteiger partial charge is 0.328 e. The first-order valence-electron chi connectivity index (χ1n) is 10.2. The summed E-state index contributed by atoms with van der Waals surface area (Å²) in [7, 11) is 1.22. The van der Waals surface area contributed by atoms with Crippen LogP contribution in [-0.4, -0.2) is 54.0 Å². The third-order valence-electron chi connectivity index (χ3n) is 4.73. The summed E-state index contributed by atoms with van der Waals surface area (Å²) in [5, 5.41) is 17.3. The average molecular weight is 436 g/mol. The van der Waals surface area contributed by atoms with E-state index < -0.39 is 35.9 Å². The minimum Gasteiger partial charge on any atom is -0.508 e. The molecule has 0 fully saturated rings. The zero-order valence-electron chi connectivity index (χ0n) is 18.9. The lowest BCUT2D eigenvalue weighted by molar-refractivity contribution is -0.145. The van der Waals surface area contributed by atoms with Crippen LogP contribution in [0.5, 0.6) is 5.75 Å². The molecule has 172 valence electrons. The number of esters is 1. The van der Waals surface area contributed by atoms with Gasteiger partial charge in [-0.25, -0.2) is 4.79 Å². The van der Waals surface area contributed by atoms with E-state index in [0.717, 1.165) is 0 Å². The molecule has 1 aromatic carbocycles. The van der Waals surface area contributed by atoms with Gasteiger partial charge < -0.3 is 25.8 Å². The highest BCUT2D eigenvalue weighted by atomic mass is 16.5. The SMILES string of the molecule is COC(=O)[C@H](Cc1ccc(O)cc1)NC(=O)[C@H](NC(=O)[C@@H](NC(C)=O)C(C)C)C(C)C. The van der Waals surface area contributed by atoms with Gasteiger partial charge in [-0.2, -0.15) is 0 Å². The van der Waals surface area contributed by atoms with E-state index in [1.807, 2.05) is 0 Å². The number of carbonyl (C=O) groups is 4. The first-order chi connectivity index (χ1) is 14.5. The molecule has 0 unspecified atom stereocenters. The van der Waals surface area contributed by atoms with Gasteiger partial charge in [0.15, 0.2) is 0 Å². The van der Waals surface area contributed by atoms with Gasteiger partial charge in [-0.1, -0.05) is 39.8 Å². The van der Waals surface area contributed by atoms with Crippen LogP contribution in [0.25, 0.3) is 0 Å². The summed E-state index contributed by atoms with van der Waals surface area (Å²) in [5.41, 5.74) is 0.712. The molecular weight excluding hydrogens is 402 g/mol. The van der Waals surface area contributed by atoms with Crippen LogP contribution in [0.2, 0.25) is 0 Å². The quantitative estimate of drug-likeness (QED) is 0.404. The number of nitrogens with one attached hydrogen (secondary N) is 3. The Bertz CT molecular complexity index is 776. The largest absolute Gasteiger partial charge is 0.508 e. The first kappa shape index (κ1) is 25.9. The highest BCUT2D eigenvalue weighted by Gasteiger charge is 2.32. The van der Waals surface area contributed by atoms with Crippen molar-refractivity contribution in [2.24, 2.45) is 11.8 Å². The number of hydrogen-bond acceptors (Lipinski definition) is 6. The number of amides is 3. The van der Waals surface area contributed by atoms with Crippen molar-refractivity contribution in [1.82, 2.24) is 16.0 Å². The Morgan fingerprint density at radius 1 is 0.871 bits per heavy atom. The second-order valence-electron chi connectivity index (χ2n) is 8.11. The predicted molar refractivity (Wildman–Crippen MR) is 115 cm³/mol. The number of benzene rings is 1. The maximum Gasteiger partial charge on any atom is 0.328 e. The Labute approximate surface area is 182 Å². The van der Waals surface area contributed by atoms with Crippen LogP contribution in [0.1, 0.15) is 40.2 Å². The zero-order valence-corrected chi connectivity index (χ0v) is 18.9. The fourth-order valence-corrected chi connectivity index (χ4v) is 3.00. The zero-order chi connectivity index (χ0) is 23.7. The number of rotatable bonds is 10. The Morgan fingerprint density at radius 2 is 1.35 bits per heavy atom. The van der Waals surface area contributed by atoms with Crippen LogP contribution >= 0.6 is 0 Å². The number of phenols is 1. The fraction of sp³-hybridized carbons (Fsp3) is 0.545. The number of hydrogen-bond donors (Lipinski definition) is 4. The summed E-state index contributed by atoms with van der Waals surface area (Å²) in [6.45, 7) is 8.42. The van der Waals surface area contributed by atoms with Gasteiger partial charge in [-0.3, -0.25) is 14.4 Å². The minimum absolute atomic E-state index is 0.0869. The molecule has 4 N–H and O–H groups in total. The fourth-order valence-electron chi connectivity index (χ4n) is 3.00. The van der Waals surface area contributed by atoms with Crippen LogP contribution in [0.15, 0.2) is 24.3 Å². The van der Waals surface area contributed by atoms with Crippen molar-refractivity contribution in [3.63, 3.8) is 0 Å². The highest BCUT2D eigenvalue weighted by Crippen LogP contribution is 2.13. The second-order valence-corrected chi connectivity index (χ2v) is 8.11. The molecule has 0 heterocycles. The Hall–Kier alpha value is -3.10. The third kappa shape index (κ3) is 8.27. The number of aromatic hydroxyl groups is 1. The molecule has 0 aromatic heterocycles. The van der Waals surface area contributed by atoms with Gasteiger partial charge >= 0.3 is 5.97 Å². The molecule has 3 atom stereocenters. The molecule has 3 amide bonds. The van der Waals surface area contributed by atoms with Crippen molar-refractivity contribution in [3.8, 4) is 5.75 Å². The maximum absolute atomic E-state index is 12.9. The lowest BCUT2D eigenvalue weighted by atomic mass is 9.99. The molecule has 0 aliphatic carbocycles. The predicted octanol–water partition coefficient (Wildman–Crippen LogP) is 0.894. The van der Waals surface area contributed by atoms with Crippen molar-refractivity contribution in [1.29, 1.82) is 0 Å².